The van der Waals surface area contributed by atoms with Crippen molar-refractivity contribution in [3.8, 4) is 0 Å². The second kappa shape index (κ2) is 6.76. The Morgan fingerprint density at radius 1 is 1.33 bits per heavy atom. The third-order valence-electron chi connectivity index (χ3n) is 7.23. The van der Waals surface area contributed by atoms with Crippen LogP contribution in [-0.2, 0) is 16.9 Å². The van der Waals surface area contributed by atoms with Crippen LogP contribution >= 0.6 is 11.6 Å². The molecule has 4 fully saturated rings. The maximum Gasteiger partial charge on any atom is 0.390 e. The number of aryl methyl sites for hydroxylation is 1. The van der Waals surface area contributed by atoms with Crippen molar-refractivity contribution in [2.45, 2.75) is 57.5 Å². The van der Waals surface area contributed by atoms with Gasteiger partial charge in [-0.05, 0) is 73.8 Å². The topological polar surface area (TPSA) is 121 Å². The van der Waals surface area contributed by atoms with Gasteiger partial charge in [0, 0.05) is 6.54 Å². The van der Waals surface area contributed by atoms with Crippen molar-refractivity contribution in [1.29, 1.82) is 0 Å². The first-order chi connectivity index (χ1) is 14.3. The maximum atomic E-state index is 13.3. The van der Waals surface area contributed by atoms with Gasteiger partial charge in [0.2, 0.25) is 11.2 Å². The molecule has 0 spiro atoms. The second-order valence-electron chi connectivity index (χ2n) is 9.30. The summed E-state index contributed by atoms with van der Waals surface area (Å²) < 4.78 is 3.47. The molecular weight excluding hydrogens is 410 g/mol. The van der Waals surface area contributed by atoms with Crippen LogP contribution in [0.15, 0.2) is 12.4 Å². The summed E-state index contributed by atoms with van der Waals surface area (Å²) in [6.07, 6.45) is 7.49. The smallest absolute Gasteiger partial charge is 0.358 e. The van der Waals surface area contributed by atoms with Crippen LogP contribution in [-0.4, -0.2) is 41.9 Å². The number of rotatable bonds is 6. The van der Waals surface area contributed by atoms with Crippen LogP contribution in [0.2, 0.25) is 5.28 Å². The monoisotopic (exact) mass is 433 g/mol. The van der Waals surface area contributed by atoms with Crippen LogP contribution in [0.1, 0.15) is 44.2 Å². The van der Waals surface area contributed by atoms with E-state index in [1.54, 1.807) is 17.9 Å². The van der Waals surface area contributed by atoms with Crippen molar-refractivity contribution < 1.29 is 9.72 Å². The molecule has 0 saturated heterocycles. The van der Waals surface area contributed by atoms with Crippen molar-refractivity contribution in [3.63, 3.8) is 0 Å². The van der Waals surface area contributed by atoms with Crippen molar-refractivity contribution >= 4 is 23.3 Å². The van der Waals surface area contributed by atoms with Crippen molar-refractivity contribution in [2.24, 2.45) is 17.3 Å². The highest BCUT2D eigenvalue weighted by Crippen LogP contribution is 2.64. The van der Waals surface area contributed by atoms with Gasteiger partial charge >= 0.3 is 5.82 Å². The number of amides is 1. The van der Waals surface area contributed by atoms with E-state index in [0.29, 0.717) is 30.6 Å². The van der Waals surface area contributed by atoms with Crippen LogP contribution in [0.4, 0.5) is 5.82 Å². The fourth-order valence-electron chi connectivity index (χ4n) is 6.49. The Bertz CT molecular complexity index is 1000. The second-order valence-corrected chi connectivity index (χ2v) is 9.64. The number of nitrogens with one attached hydrogen (secondary N) is 1. The predicted molar refractivity (Wildman–Crippen MR) is 107 cm³/mol. The molecule has 2 heterocycles. The van der Waals surface area contributed by atoms with E-state index in [1.807, 2.05) is 4.68 Å². The predicted octanol–water partition coefficient (Wildman–Crippen LogP) is 2.46. The van der Waals surface area contributed by atoms with E-state index >= 15 is 0 Å². The molecule has 4 bridgehead atoms. The van der Waals surface area contributed by atoms with Crippen LogP contribution in [0.3, 0.4) is 0 Å². The van der Waals surface area contributed by atoms with Gasteiger partial charge < -0.3 is 15.4 Å². The molecule has 0 aliphatic heterocycles. The van der Waals surface area contributed by atoms with E-state index in [1.165, 1.54) is 12.5 Å². The third kappa shape index (κ3) is 3.08. The normalized spacial score (nSPS) is 31.8. The molecule has 4 aliphatic rings. The summed E-state index contributed by atoms with van der Waals surface area (Å²) in [5.74, 6) is 0.923. The van der Waals surface area contributed by atoms with Gasteiger partial charge in [0.15, 0.2) is 0 Å². The van der Waals surface area contributed by atoms with E-state index in [-0.39, 0.29) is 22.5 Å². The summed E-state index contributed by atoms with van der Waals surface area (Å²) in [6, 6.07) is 1.44. The highest BCUT2D eigenvalue weighted by molar-refractivity contribution is 6.28. The van der Waals surface area contributed by atoms with Gasteiger partial charge in [0.05, 0.1) is 34.4 Å². The molecular formula is C19H24ClN7O3. The molecule has 10 nitrogen and oxygen atoms in total. The molecule has 0 aromatic carbocycles. The average Bonchev–Trinajstić information content (AvgIpc) is 3.27. The summed E-state index contributed by atoms with van der Waals surface area (Å²) >= 11 is 5.99. The summed E-state index contributed by atoms with van der Waals surface area (Å²) in [4.78, 5) is 27.8. The van der Waals surface area contributed by atoms with Gasteiger partial charge in [-0.2, -0.15) is 4.68 Å². The highest BCUT2D eigenvalue weighted by Gasteiger charge is 2.61. The van der Waals surface area contributed by atoms with Crippen LogP contribution < -0.4 is 5.32 Å². The minimum atomic E-state index is -0.507. The van der Waals surface area contributed by atoms with E-state index in [4.69, 9.17) is 11.6 Å². The Morgan fingerprint density at radius 3 is 2.67 bits per heavy atom. The molecule has 2 atom stereocenters. The highest BCUT2D eigenvalue weighted by atomic mass is 35.5. The van der Waals surface area contributed by atoms with Crippen LogP contribution in [0.25, 0.3) is 0 Å². The zero-order valence-corrected chi connectivity index (χ0v) is 17.5. The number of nitrogens with zero attached hydrogens (tertiary/aromatic N) is 6. The fraction of sp³-hybridized carbons (Fsp3) is 0.684. The molecule has 4 aliphatic carbocycles. The Morgan fingerprint density at radius 2 is 2.07 bits per heavy atom. The van der Waals surface area contributed by atoms with Crippen molar-refractivity contribution in [3.05, 3.63) is 33.5 Å². The molecule has 6 rings (SSSR count). The minimum Gasteiger partial charge on any atom is -0.358 e. The summed E-state index contributed by atoms with van der Waals surface area (Å²) in [6.45, 7) is 2.56. The summed E-state index contributed by atoms with van der Waals surface area (Å²) in [5.41, 5.74) is 0.127. The number of halogens is 1. The average molecular weight is 434 g/mol. The van der Waals surface area contributed by atoms with E-state index in [2.05, 4.69) is 20.5 Å². The molecule has 2 unspecified atom stereocenters. The first-order valence-electron chi connectivity index (χ1n) is 10.3. The Balaban J connectivity index is 1.30. The lowest BCUT2D eigenvalue weighted by Crippen LogP contribution is -2.61. The molecule has 1 N–H and O–H groups in total. The molecule has 4 saturated carbocycles. The zero-order chi connectivity index (χ0) is 21.1. The van der Waals surface area contributed by atoms with E-state index in [0.717, 1.165) is 32.1 Å². The number of carbonyl (C=O) groups is 1. The minimum absolute atomic E-state index is 0.0755. The molecule has 2 aromatic heterocycles. The number of nitro groups is 1. The van der Waals surface area contributed by atoms with Gasteiger partial charge in [-0.3, -0.25) is 4.79 Å². The maximum absolute atomic E-state index is 13.3. The quantitative estimate of drug-likeness (QED) is 0.551. The van der Waals surface area contributed by atoms with Gasteiger partial charge in [0.1, 0.15) is 6.33 Å². The third-order valence-corrected chi connectivity index (χ3v) is 7.40. The SMILES string of the molecule is Cc1cc([N+](=O)[O-])nn1CCNC(=O)C12CC3CC(C1)CC(n1cnc(Cl)n1)(C3)C2. The molecule has 11 heteroatoms. The van der Waals surface area contributed by atoms with Crippen LogP contribution in [0.5, 0.6) is 0 Å². The lowest BCUT2D eigenvalue weighted by molar-refractivity contribution is -0.389. The van der Waals surface area contributed by atoms with Gasteiger partial charge in [-0.15, -0.1) is 5.10 Å². The van der Waals surface area contributed by atoms with Crippen molar-refractivity contribution in [1.82, 2.24) is 29.9 Å². The Hall–Kier alpha value is -2.49. The molecule has 2 aromatic rings. The Kier molecular flexibility index (Phi) is 4.39. The van der Waals surface area contributed by atoms with E-state index in [9.17, 15) is 14.9 Å². The first-order valence-corrected chi connectivity index (χ1v) is 10.7. The zero-order valence-electron chi connectivity index (χ0n) is 16.8. The standard InChI is InChI=1S/C19H24ClN7O3/c1-12-4-15(27(29)30)23-25(12)3-2-21-16(28)18-6-13-5-14(7-18)9-19(8-13,10-18)26-11-22-17(20)24-26/h4,11,13-14H,2-3,5-10H2,1H3,(H,21,28). The summed E-state index contributed by atoms with van der Waals surface area (Å²) in [5, 5.41) is 22.6. The summed E-state index contributed by atoms with van der Waals surface area (Å²) in [7, 11) is 0. The first kappa shape index (κ1) is 19.5. The number of hydrogen-bond donors (Lipinski definition) is 1. The largest absolute Gasteiger partial charge is 0.390 e. The van der Waals surface area contributed by atoms with E-state index < -0.39 is 10.3 Å². The molecule has 30 heavy (non-hydrogen) atoms. The lowest BCUT2D eigenvalue weighted by atomic mass is 9.46. The van der Waals surface area contributed by atoms with Gasteiger partial charge in [0.25, 0.3) is 0 Å². The number of aromatic nitrogens is 5. The van der Waals surface area contributed by atoms with Gasteiger partial charge in [-0.25, -0.2) is 9.67 Å². The van der Waals surface area contributed by atoms with Crippen molar-refractivity contribution in [2.75, 3.05) is 6.54 Å². The number of hydrogen-bond acceptors (Lipinski definition) is 6. The lowest BCUT2D eigenvalue weighted by Gasteiger charge is -2.60. The molecule has 0 radical (unpaired) electrons. The molecule has 1 amide bonds. The van der Waals surface area contributed by atoms with Crippen LogP contribution in [0, 0.1) is 34.3 Å². The molecule has 160 valence electrons. The van der Waals surface area contributed by atoms with Gasteiger partial charge in [-0.1, -0.05) is 0 Å². The number of carbonyl (C=O) groups excluding carboxylic acids is 1. The fourth-order valence-corrected chi connectivity index (χ4v) is 6.62. The Labute approximate surface area is 178 Å².